The number of ether oxygens (including phenoxy) is 1. The number of nitrogens with zero attached hydrogens (tertiary/aromatic N) is 5. The number of aromatic nitrogens is 2. The molecule has 2 heterocycles. The number of rotatable bonds is 5. The maximum atomic E-state index is 11.7. The molecule has 1 fully saturated rings. The molecule has 9 heteroatoms. The summed E-state index contributed by atoms with van der Waals surface area (Å²) in [7, 11) is 0. The highest BCUT2D eigenvalue weighted by Crippen LogP contribution is 2.10. The van der Waals surface area contributed by atoms with Crippen LogP contribution in [0, 0.1) is 0 Å². The highest BCUT2D eigenvalue weighted by Gasteiger charge is 2.21. The zero-order chi connectivity index (χ0) is 19.7. The lowest BCUT2D eigenvalue weighted by molar-refractivity contribution is 0.0529. The molecule has 1 aromatic rings. The molecule has 1 amide bonds. The monoisotopic (exact) mass is 377 g/mol. The van der Waals surface area contributed by atoms with E-state index in [1.54, 1.807) is 12.4 Å². The van der Waals surface area contributed by atoms with Crippen LogP contribution in [0.3, 0.4) is 0 Å². The topological polar surface area (TPSA) is 95.0 Å². The Kier molecular flexibility index (Phi) is 7.63. The van der Waals surface area contributed by atoms with Crippen molar-refractivity contribution in [2.45, 2.75) is 33.3 Å². The predicted octanol–water partition coefficient (Wildman–Crippen LogP) is 1.09. The predicted molar refractivity (Wildman–Crippen MR) is 106 cm³/mol. The molecular weight excluding hydrogens is 346 g/mol. The van der Waals surface area contributed by atoms with Crippen LogP contribution in [-0.2, 0) is 4.74 Å². The quantitative estimate of drug-likeness (QED) is 0.450. The van der Waals surface area contributed by atoms with Gasteiger partial charge in [0.25, 0.3) is 0 Å². The molecule has 0 aromatic carbocycles. The summed E-state index contributed by atoms with van der Waals surface area (Å²) in [5.74, 6) is 1.62. The lowest BCUT2D eigenvalue weighted by atomic mass is 10.2. The van der Waals surface area contributed by atoms with Crippen LogP contribution in [0.1, 0.15) is 27.7 Å². The van der Waals surface area contributed by atoms with E-state index in [-0.39, 0.29) is 0 Å². The van der Waals surface area contributed by atoms with Gasteiger partial charge in [-0.05, 0) is 33.8 Å². The van der Waals surface area contributed by atoms with Gasteiger partial charge >= 0.3 is 6.09 Å². The highest BCUT2D eigenvalue weighted by atomic mass is 16.6. The van der Waals surface area contributed by atoms with Gasteiger partial charge in [-0.2, -0.15) is 0 Å². The van der Waals surface area contributed by atoms with Crippen molar-refractivity contribution in [3.63, 3.8) is 0 Å². The van der Waals surface area contributed by atoms with Crippen LogP contribution in [0.5, 0.6) is 0 Å². The molecule has 0 spiro atoms. The lowest BCUT2D eigenvalue weighted by Gasteiger charge is -2.36. The van der Waals surface area contributed by atoms with Gasteiger partial charge in [-0.1, -0.05) is 0 Å². The highest BCUT2D eigenvalue weighted by molar-refractivity contribution is 5.80. The van der Waals surface area contributed by atoms with Gasteiger partial charge < -0.3 is 25.2 Å². The third kappa shape index (κ3) is 7.28. The van der Waals surface area contributed by atoms with Gasteiger partial charge in [0.15, 0.2) is 5.96 Å². The minimum absolute atomic E-state index is 0.417. The number of amides is 1. The van der Waals surface area contributed by atoms with E-state index in [9.17, 15) is 4.79 Å². The van der Waals surface area contributed by atoms with E-state index < -0.39 is 11.7 Å². The van der Waals surface area contributed by atoms with E-state index in [4.69, 9.17) is 4.74 Å². The average molecular weight is 377 g/mol. The Morgan fingerprint density at radius 3 is 2.44 bits per heavy atom. The Morgan fingerprint density at radius 1 is 1.19 bits per heavy atom. The van der Waals surface area contributed by atoms with Gasteiger partial charge in [-0.3, -0.25) is 4.99 Å². The largest absolute Gasteiger partial charge is 0.444 e. The second-order valence-electron chi connectivity index (χ2n) is 7.19. The minimum Gasteiger partial charge on any atom is -0.444 e. The van der Waals surface area contributed by atoms with E-state index in [2.05, 4.69) is 35.4 Å². The number of alkyl carbamates (subject to hydrolysis) is 1. The smallest absolute Gasteiger partial charge is 0.407 e. The summed E-state index contributed by atoms with van der Waals surface area (Å²) in [4.78, 5) is 29.3. The molecule has 1 saturated heterocycles. The fourth-order valence-electron chi connectivity index (χ4n) is 2.63. The molecule has 2 rings (SSSR count). The zero-order valence-corrected chi connectivity index (χ0v) is 16.7. The van der Waals surface area contributed by atoms with Gasteiger partial charge in [-0.15, -0.1) is 0 Å². The molecule has 0 saturated carbocycles. The molecule has 27 heavy (non-hydrogen) atoms. The normalized spacial score (nSPS) is 15.5. The van der Waals surface area contributed by atoms with Crippen molar-refractivity contribution in [3.8, 4) is 0 Å². The molecule has 9 nitrogen and oxygen atoms in total. The van der Waals surface area contributed by atoms with Crippen LogP contribution < -0.4 is 15.5 Å². The number of piperazine rings is 1. The Morgan fingerprint density at radius 2 is 1.85 bits per heavy atom. The first-order chi connectivity index (χ1) is 12.9. The molecule has 0 aliphatic carbocycles. The number of hydrogen-bond acceptors (Lipinski definition) is 6. The minimum atomic E-state index is -0.496. The average Bonchev–Trinajstić information content (AvgIpc) is 2.64. The molecular formula is C18H31N7O2. The van der Waals surface area contributed by atoms with Crippen molar-refractivity contribution >= 4 is 18.0 Å². The summed E-state index contributed by atoms with van der Waals surface area (Å²) in [6.07, 6.45) is 3.11. The first-order valence-electron chi connectivity index (χ1n) is 9.41. The van der Waals surface area contributed by atoms with Crippen LogP contribution >= 0.6 is 0 Å². The molecule has 0 radical (unpaired) electrons. The Balaban J connectivity index is 1.81. The van der Waals surface area contributed by atoms with Crippen molar-refractivity contribution in [1.29, 1.82) is 0 Å². The summed E-state index contributed by atoms with van der Waals surface area (Å²) in [6, 6.07) is 1.82. The number of hydrogen-bond donors (Lipinski definition) is 2. The number of aliphatic imine (C=N–C) groups is 1. The SMILES string of the molecule is CCNC(=NCCNC(=O)OC(C)(C)C)N1CCN(c2ncccn2)CC1. The first kappa shape index (κ1) is 20.7. The van der Waals surface area contributed by atoms with Crippen molar-refractivity contribution < 1.29 is 9.53 Å². The Hall–Kier alpha value is -2.58. The summed E-state index contributed by atoms with van der Waals surface area (Å²) in [5.41, 5.74) is -0.496. The second-order valence-corrected chi connectivity index (χ2v) is 7.19. The van der Waals surface area contributed by atoms with Crippen LogP contribution in [0.15, 0.2) is 23.5 Å². The number of guanidine groups is 1. The fourth-order valence-corrected chi connectivity index (χ4v) is 2.63. The second kappa shape index (κ2) is 9.94. The zero-order valence-electron chi connectivity index (χ0n) is 16.7. The molecule has 0 unspecified atom stereocenters. The van der Waals surface area contributed by atoms with Crippen molar-refractivity contribution in [3.05, 3.63) is 18.5 Å². The number of carbonyl (C=O) groups excluding carboxylic acids is 1. The summed E-state index contributed by atoms with van der Waals surface area (Å²) >= 11 is 0. The maximum Gasteiger partial charge on any atom is 0.407 e. The van der Waals surface area contributed by atoms with Gasteiger partial charge in [0.1, 0.15) is 5.60 Å². The van der Waals surface area contributed by atoms with Crippen LogP contribution in [0.25, 0.3) is 0 Å². The van der Waals surface area contributed by atoms with E-state index >= 15 is 0 Å². The van der Waals surface area contributed by atoms with Gasteiger partial charge in [0, 0.05) is 51.7 Å². The molecule has 1 aliphatic rings. The number of nitrogens with one attached hydrogen (secondary N) is 2. The van der Waals surface area contributed by atoms with Crippen molar-refractivity contribution in [2.24, 2.45) is 4.99 Å². The Labute approximate surface area is 161 Å². The third-order valence-electron chi connectivity index (χ3n) is 3.79. The summed E-state index contributed by atoms with van der Waals surface area (Å²) in [5, 5.41) is 6.04. The van der Waals surface area contributed by atoms with Crippen LogP contribution in [0.4, 0.5) is 10.7 Å². The fraction of sp³-hybridized carbons (Fsp3) is 0.667. The van der Waals surface area contributed by atoms with E-state index in [1.165, 1.54) is 0 Å². The van der Waals surface area contributed by atoms with Crippen molar-refractivity contribution in [2.75, 3.05) is 50.7 Å². The molecule has 150 valence electrons. The first-order valence-corrected chi connectivity index (χ1v) is 9.41. The van der Waals surface area contributed by atoms with E-state index in [1.807, 2.05) is 33.8 Å². The van der Waals surface area contributed by atoms with Crippen molar-refractivity contribution in [1.82, 2.24) is 25.5 Å². The van der Waals surface area contributed by atoms with Crippen LogP contribution in [-0.4, -0.2) is 78.3 Å². The number of anilines is 1. The molecule has 0 bridgehead atoms. The van der Waals surface area contributed by atoms with Gasteiger partial charge in [0.05, 0.1) is 6.54 Å². The van der Waals surface area contributed by atoms with Gasteiger partial charge in [-0.25, -0.2) is 14.8 Å². The molecule has 1 aromatic heterocycles. The van der Waals surface area contributed by atoms with E-state index in [0.717, 1.165) is 44.6 Å². The number of carbonyl (C=O) groups is 1. The summed E-state index contributed by atoms with van der Waals surface area (Å²) < 4.78 is 5.22. The third-order valence-corrected chi connectivity index (χ3v) is 3.79. The lowest BCUT2D eigenvalue weighted by Crippen LogP contribution is -2.53. The molecule has 0 atom stereocenters. The maximum absolute atomic E-state index is 11.7. The van der Waals surface area contributed by atoms with Crippen LogP contribution in [0.2, 0.25) is 0 Å². The standard InChI is InChI=1S/C18H31N7O2/c1-5-19-15(22-9-10-23-17(26)27-18(2,3)4)24-11-13-25(14-12-24)16-20-7-6-8-21-16/h6-8H,5,9-14H2,1-4H3,(H,19,22)(H,23,26). The molecule has 1 aliphatic heterocycles. The Bertz CT molecular complexity index is 608. The van der Waals surface area contributed by atoms with E-state index in [0.29, 0.717) is 13.1 Å². The molecule has 2 N–H and O–H groups in total. The van der Waals surface area contributed by atoms with Gasteiger partial charge in [0.2, 0.25) is 5.95 Å². The summed E-state index contributed by atoms with van der Waals surface area (Å²) in [6.45, 7) is 12.6.